The van der Waals surface area contributed by atoms with Crippen molar-refractivity contribution < 1.29 is 4.42 Å². The zero-order chi connectivity index (χ0) is 36.4. The Balaban J connectivity index is 1.05. The van der Waals surface area contributed by atoms with Gasteiger partial charge in [-0.15, -0.1) is 0 Å². The van der Waals surface area contributed by atoms with Gasteiger partial charge in [0.05, 0.1) is 6.04 Å². The quantitative estimate of drug-likeness (QED) is 0.170. The Morgan fingerprint density at radius 3 is 1.96 bits per heavy atom. The second-order valence-corrected chi connectivity index (χ2v) is 16.0. The molecule has 1 aromatic heterocycles. The summed E-state index contributed by atoms with van der Waals surface area (Å²) in [5.74, 6) is 1.29. The van der Waals surface area contributed by atoms with E-state index in [4.69, 9.17) is 4.42 Å². The van der Waals surface area contributed by atoms with E-state index < -0.39 is 0 Å². The summed E-state index contributed by atoms with van der Waals surface area (Å²) in [6.45, 7) is 4.86. The number of hydrogen-bond donors (Lipinski definition) is 0. The van der Waals surface area contributed by atoms with Crippen molar-refractivity contribution >= 4 is 54.7 Å². The van der Waals surface area contributed by atoms with E-state index in [1.807, 2.05) is 0 Å². The van der Waals surface area contributed by atoms with Crippen molar-refractivity contribution in [3.05, 3.63) is 193 Å². The molecule has 2 heteroatoms. The molecule has 0 saturated heterocycles. The fourth-order valence-corrected chi connectivity index (χ4v) is 10.6. The van der Waals surface area contributed by atoms with Crippen molar-refractivity contribution in [1.82, 2.24) is 0 Å². The molecule has 10 aromatic rings. The first-order valence-corrected chi connectivity index (χ1v) is 19.4. The molecule has 0 saturated carbocycles. The van der Waals surface area contributed by atoms with E-state index in [-0.39, 0.29) is 11.5 Å². The van der Waals surface area contributed by atoms with Crippen molar-refractivity contribution in [2.75, 3.05) is 4.90 Å². The Morgan fingerprint density at radius 2 is 1.15 bits per heavy atom. The van der Waals surface area contributed by atoms with Crippen LogP contribution in [0.5, 0.6) is 0 Å². The molecule has 0 spiro atoms. The molecule has 0 fully saturated rings. The van der Waals surface area contributed by atoms with Gasteiger partial charge >= 0.3 is 0 Å². The molecule has 2 atom stereocenters. The first-order valence-electron chi connectivity index (χ1n) is 19.4. The van der Waals surface area contributed by atoms with Crippen LogP contribution in [0.4, 0.5) is 11.4 Å². The average molecular weight is 704 g/mol. The average Bonchev–Trinajstić information content (AvgIpc) is 3.87. The van der Waals surface area contributed by atoms with E-state index in [1.165, 1.54) is 71.5 Å². The van der Waals surface area contributed by atoms with E-state index in [0.717, 1.165) is 33.4 Å². The van der Waals surface area contributed by atoms with Crippen LogP contribution in [-0.4, -0.2) is 0 Å². The maximum atomic E-state index is 6.77. The number of rotatable bonds is 4. The number of anilines is 2. The molecule has 0 bridgehead atoms. The van der Waals surface area contributed by atoms with Crippen LogP contribution < -0.4 is 4.90 Å². The number of benzene rings is 9. The third-order valence-electron chi connectivity index (χ3n) is 12.9. The Morgan fingerprint density at radius 1 is 0.509 bits per heavy atom. The van der Waals surface area contributed by atoms with Gasteiger partial charge in [-0.05, 0) is 101 Å². The van der Waals surface area contributed by atoms with E-state index in [0.29, 0.717) is 5.92 Å². The maximum absolute atomic E-state index is 6.77. The highest BCUT2D eigenvalue weighted by Crippen LogP contribution is 2.64. The fourth-order valence-electron chi connectivity index (χ4n) is 10.6. The fraction of sp³-hybridized carbons (Fsp3) is 0.0943. The van der Waals surface area contributed by atoms with Crippen LogP contribution in [0.3, 0.4) is 0 Å². The molecule has 1 aliphatic carbocycles. The highest BCUT2D eigenvalue weighted by atomic mass is 16.3. The second-order valence-electron chi connectivity index (χ2n) is 16.0. The number of hydrogen-bond acceptors (Lipinski definition) is 2. The molecule has 55 heavy (non-hydrogen) atoms. The van der Waals surface area contributed by atoms with Crippen LogP contribution in [0.15, 0.2) is 180 Å². The summed E-state index contributed by atoms with van der Waals surface area (Å²) in [7, 11) is 0. The topological polar surface area (TPSA) is 16.4 Å². The van der Waals surface area contributed by atoms with Crippen LogP contribution in [0.25, 0.3) is 76.9 Å². The molecular formula is C53H37NO. The number of nitrogens with zero attached hydrogens (tertiary/aromatic N) is 1. The lowest BCUT2D eigenvalue weighted by molar-refractivity contribution is 0.420. The molecule has 2 aliphatic rings. The van der Waals surface area contributed by atoms with Gasteiger partial charge in [-0.1, -0.05) is 159 Å². The van der Waals surface area contributed by atoms with Crippen molar-refractivity contribution in [3.8, 4) is 33.6 Å². The highest BCUT2D eigenvalue weighted by Gasteiger charge is 2.54. The van der Waals surface area contributed by atoms with Crippen LogP contribution in [0.1, 0.15) is 42.5 Å². The zero-order valence-corrected chi connectivity index (χ0v) is 30.8. The second kappa shape index (κ2) is 11.2. The van der Waals surface area contributed by atoms with Crippen molar-refractivity contribution in [3.63, 3.8) is 0 Å². The van der Waals surface area contributed by atoms with E-state index in [2.05, 4.69) is 195 Å². The van der Waals surface area contributed by atoms with Gasteiger partial charge in [0, 0.05) is 33.8 Å². The maximum Gasteiger partial charge on any atom is 0.143 e. The van der Waals surface area contributed by atoms with Crippen molar-refractivity contribution in [1.29, 1.82) is 0 Å². The lowest BCUT2D eigenvalue weighted by Crippen LogP contribution is -2.25. The summed E-state index contributed by atoms with van der Waals surface area (Å²) >= 11 is 0. The Kier molecular flexibility index (Phi) is 6.27. The minimum absolute atomic E-state index is 0.0267. The summed E-state index contributed by atoms with van der Waals surface area (Å²) in [4.78, 5) is 2.62. The normalized spacial score (nSPS) is 17.0. The Hall–Kier alpha value is -6.64. The molecule has 12 rings (SSSR count). The molecule has 0 N–H and O–H groups in total. The first-order chi connectivity index (χ1) is 27.1. The molecule has 0 radical (unpaired) electrons. The molecule has 1 aliphatic heterocycles. The van der Waals surface area contributed by atoms with Gasteiger partial charge < -0.3 is 9.32 Å². The summed E-state index contributed by atoms with van der Waals surface area (Å²) in [6.07, 6.45) is 0. The van der Waals surface area contributed by atoms with E-state index in [9.17, 15) is 0 Å². The Labute approximate surface area is 320 Å². The summed E-state index contributed by atoms with van der Waals surface area (Å²) in [6, 6.07) is 65.1. The third-order valence-corrected chi connectivity index (χ3v) is 12.9. The van der Waals surface area contributed by atoms with E-state index in [1.54, 1.807) is 0 Å². The van der Waals surface area contributed by atoms with Gasteiger partial charge in [0.2, 0.25) is 0 Å². The number of para-hydroxylation sites is 2. The van der Waals surface area contributed by atoms with Crippen molar-refractivity contribution in [2.24, 2.45) is 0 Å². The largest absolute Gasteiger partial charge is 0.455 e. The highest BCUT2D eigenvalue weighted by molar-refractivity contribution is 6.28. The molecule has 2 heterocycles. The number of fused-ring (bicyclic) bond motifs is 6. The van der Waals surface area contributed by atoms with Gasteiger partial charge in [-0.2, -0.15) is 0 Å². The van der Waals surface area contributed by atoms with E-state index >= 15 is 0 Å². The monoisotopic (exact) mass is 703 g/mol. The lowest BCUT2D eigenvalue weighted by atomic mass is 9.75. The minimum atomic E-state index is 0.0267. The lowest BCUT2D eigenvalue weighted by Gasteiger charge is -2.30. The summed E-state index contributed by atoms with van der Waals surface area (Å²) in [5.41, 5.74) is 13.7. The molecule has 9 aromatic carbocycles. The summed E-state index contributed by atoms with van der Waals surface area (Å²) < 4.78 is 6.77. The molecule has 0 amide bonds. The minimum Gasteiger partial charge on any atom is -0.455 e. The van der Waals surface area contributed by atoms with Gasteiger partial charge in [0.15, 0.2) is 0 Å². The first kappa shape index (κ1) is 30.8. The smallest absolute Gasteiger partial charge is 0.143 e. The van der Waals surface area contributed by atoms with Gasteiger partial charge in [-0.25, -0.2) is 0 Å². The molecule has 260 valence electrons. The standard InChI is InChI=1S/C53H37NO/c1-53(2)44-20-9-6-17-41(44)51-50(53)42-18-7-10-21-45(42)54(51)36-16-12-15-35(31-36)37-27-23-33-25-29-39-40(30-26-34-24-28-38(37)47(33)48(34)39)52-49(32-13-4-3-5-14-32)43-19-8-11-22-46(43)55-52/h3-31,50-51H,1-2H3. The predicted molar refractivity (Wildman–Crippen MR) is 230 cm³/mol. The van der Waals surface area contributed by atoms with Gasteiger partial charge in [-0.3, -0.25) is 0 Å². The Bertz CT molecular complexity index is 3150. The van der Waals surface area contributed by atoms with Crippen LogP contribution in [-0.2, 0) is 5.41 Å². The van der Waals surface area contributed by atoms with Crippen LogP contribution in [0, 0.1) is 0 Å². The predicted octanol–water partition coefficient (Wildman–Crippen LogP) is 14.6. The van der Waals surface area contributed by atoms with Gasteiger partial charge in [0.25, 0.3) is 0 Å². The summed E-state index contributed by atoms with van der Waals surface area (Å²) in [5, 5.41) is 8.68. The molecule has 2 unspecified atom stereocenters. The third kappa shape index (κ3) is 4.20. The zero-order valence-electron chi connectivity index (χ0n) is 30.8. The molecule has 2 nitrogen and oxygen atoms in total. The van der Waals surface area contributed by atoms with Gasteiger partial charge in [0.1, 0.15) is 11.3 Å². The van der Waals surface area contributed by atoms with Crippen molar-refractivity contribution in [2.45, 2.75) is 31.2 Å². The SMILES string of the molecule is CC1(C)c2ccccc2C2C1c1ccccc1N2c1cccc(-c2ccc3ccc4c(-c5oc6ccccc6c5-c5ccccc5)ccc5ccc2c3c54)c1. The van der Waals surface area contributed by atoms with Crippen LogP contribution >= 0.6 is 0 Å². The van der Waals surface area contributed by atoms with Crippen LogP contribution in [0.2, 0.25) is 0 Å². The number of furan rings is 1. The molecular weight excluding hydrogens is 667 g/mol.